The Labute approximate surface area is 122 Å². The van der Waals surface area contributed by atoms with E-state index in [2.05, 4.69) is 30.9 Å². The van der Waals surface area contributed by atoms with Gasteiger partial charge in [-0.2, -0.15) is 0 Å². The third-order valence-corrected chi connectivity index (χ3v) is 4.90. The Morgan fingerprint density at radius 1 is 1.25 bits per heavy atom. The SMILES string of the molecule is CC(C)N1CCCC2(CC1)C[C@H](N)c1ccccc1O2. The van der Waals surface area contributed by atoms with E-state index in [1.54, 1.807) is 0 Å². The van der Waals surface area contributed by atoms with Gasteiger partial charge in [-0.25, -0.2) is 0 Å². The van der Waals surface area contributed by atoms with Gasteiger partial charge < -0.3 is 15.4 Å². The minimum absolute atomic E-state index is 0.0442. The van der Waals surface area contributed by atoms with E-state index in [0.29, 0.717) is 6.04 Å². The van der Waals surface area contributed by atoms with Gasteiger partial charge in [0.05, 0.1) is 0 Å². The smallest absolute Gasteiger partial charge is 0.124 e. The van der Waals surface area contributed by atoms with Crippen molar-refractivity contribution in [2.45, 2.75) is 57.2 Å². The summed E-state index contributed by atoms with van der Waals surface area (Å²) in [7, 11) is 0. The van der Waals surface area contributed by atoms with E-state index in [4.69, 9.17) is 10.5 Å². The van der Waals surface area contributed by atoms with Crippen LogP contribution in [-0.2, 0) is 0 Å². The minimum Gasteiger partial charge on any atom is -0.487 e. The molecule has 0 saturated carbocycles. The van der Waals surface area contributed by atoms with E-state index in [1.165, 1.54) is 18.5 Å². The van der Waals surface area contributed by atoms with Crippen molar-refractivity contribution >= 4 is 0 Å². The predicted molar refractivity (Wildman–Crippen MR) is 81.9 cm³/mol. The highest BCUT2D eigenvalue weighted by molar-refractivity contribution is 5.38. The maximum Gasteiger partial charge on any atom is 0.124 e. The van der Waals surface area contributed by atoms with Crippen LogP contribution in [0.3, 0.4) is 0 Å². The fraction of sp³-hybridized carbons (Fsp3) is 0.647. The van der Waals surface area contributed by atoms with Crippen LogP contribution in [0.4, 0.5) is 0 Å². The molecular formula is C17H26N2O. The first kappa shape index (κ1) is 13.9. The Kier molecular flexibility index (Phi) is 3.74. The number of nitrogens with two attached hydrogens (primary N) is 1. The molecule has 1 aromatic carbocycles. The van der Waals surface area contributed by atoms with Crippen LogP contribution >= 0.6 is 0 Å². The summed E-state index contributed by atoms with van der Waals surface area (Å²) in [6.07, 6.45) is 4.37. The van der Waals surface area contributed by atoms with E-state index in [1.807, 2.05) is 12.1 Å². The van der Waals surface area contributed by atoms with E-state index >= 15 is 0 Å². The number of rotatable bonds is 1. The molecule has 0 aromatic heterocycles. The highest BCUT2D eigenvalue weighted by Crippen LogP contribution is 2.43. The molecule has 3 rings (SSSR count). The molecule has 1 fully saturated rings. The molecule has 2 aliphatic rings. The van der Waals surface area contributed by atoms with E-state index in [-0.39, 0.29) is 11.6 Å². The van der Waals surface area contributed by atoms with Crippen molar-refractivity contribution in [1.29, 1.82) is 0 Å². The molecular weight excluding hydrogens is 248 g/mol. The summed E-state index contributed by atoms with van der Waals surface area (Å²) in [5.41, 5.74) is 7.53. The summed E-state index contributed by atoms with van der Waals surface area (Å²) >= 11 is 0. The first-order valence-electron chi connectivity index (χ1n) is 7.87. The molecule has 0 bridgehead atoms. The van der Waals surface area contributed by atoms with Crippen LogP contribution < -0.4 is 10.5 Å². The number of fused-ring (bicyclic) bond motifs is 1. The molecule has 2 heterocycles. The number of likely N-dealkylation sites (tertiary alicyclic amines) is 1. The summed E-state index contributed by atoms with van der Waals surface area (Å²) < 4.78 is 6.43. The molecule has 3 nitrogen and oxygen atoms in total. The van der Waals surface area contributed by atoms with Gasteiger partial charge in [0, 0.05) is 30.6 Å². The Morgan fingerprint density at radius 3 is 2.85 bits per heavy atom. The largest absolute Gasteiger partial charge is 0.487 e. The van der Waals surface area contributed by atoms with Crippen molar-refractivity contribution in [3.05, 3.63) is 29.8 Å². The third kappa shape index (κ3) is 2.57. The number of hydrogen-bond acceptors (Lipinski definition) is 3. The average molecular weight is 274 g/mol. The van der Waals surface area contributed by atoms with Crippen LogP contribution in [0.5, 0.6) is 5.75 Å². The second-order valence-electron chi connectivity index (χ2n) is 6.62. The minimum atomic E-state index is -0.0442. The van der Waals surface area contributed by atoms with Gasteiger partial charge in [-0.1, -0.05) is 18.2 Å². The Bertz CT molecular complexity index is 474. The van der Waals surface area contributed by atoms with Crippen molar-refractivity contribution in [1.82, 2.24) is 4.90 Å². The summed E-state index contributed by atoms with van der Waals surface area (Å²) in [5, 5.41) is 0. The molecule has 3 heteroatoms. The highest BCUT2D eigenvalue weighted by Gasteiger charge is 2.40. The molecule has 110 valence electrons. The molecule has 0 amide bonds. The van der Waals surface area contributed by atoms with Crippen LogP contribution in [0.25, 0.3) is 0 Å². The zero-order chi connectivity index (χ0) is 14.2. The van der Waals surface area contributed by atoms with Gasteiger partial charge in [0.2, 0.25) is 0 Å². The first-order chi connectivity index (χ1) is 9.60. The van der Waals surface area contributed by atoms with Crippen molar-refractivity contribution in [3.63, 3.8) is 0 Å². The Hall–Kier alpha value is -1.06. The molecule has 2 atom stereocenters. The van der Waals surface area contributed by atoms with Gasteiger partial charge >= 0.3 is 0 Å². The number of benzene rings is 1. The second-order valence-corrected chi connectivity index (χ2v) is 6.62. The molecule has 1 saturated heterocycles. The van der Waals surface area contributed by atoms with Crippen LogP contribution in [-0.4, -0.2) is 29.6 Å². The predicted octanol–water partition coefficient (Wildman–Crippen LogP) is 3.10. The lowest BCUT2D eigenvalue weighted by atomic mass is 9.82. The zero-order valence-corrected chi connectivity index (χ0v) is 12.6. The molecule has 1 aromatic rings. The van der Waals surface area contributed by atoms with Gasteiger partial charge in [0.25, 0.3) is 0 Å². The second kappa shape index (κ2) is 5.38. The van der Waals surface area contributed by atoms with Gasteiger partial charge in [0.15, 0.2) is 0 Å². The lowest BCUT2D eigenvalue weighted by Gasteiger charge is -2.41. The fourth-order valence-corrected chi connectivity index (χ4v) is 3.68. The normalized spacial score (nSPS) is 30.9. The van der Waals surface area contributed by atoms with Crippen molar-refractivity contribution in [2.24, 2.45) is 5.73 Å². The number of ether oxygens (including phenoxy) is 1. The van der Waals surface area contributed by atoms with Crippen LogP contribution in [0.15, 0.2) is 24.3 Å². The van der Waals surface area contributed by atoms with E-state index < -0.39 is 0 Å². The van der Waals surface area contributed by atoms with Crippen LogP contribution in [0.2, 0.25) is 0 Å². The summed E-state index contributed by atoms with van der Waals surface area (Å²) in [6, 6.07) is 9.00. The van der Waals surface area contributed by atoms with Crippen molar-refractivity contribution in [2.75, 3.05) is 13.1 Å². The monoisotopic (exact) mass is 274 g/mol. The van der Waals surface area contributed by atoms with E-state index in [9.17, 15) is 0 Å². The Morgan fingerprint density at radius 2 is 2.05 bits per heavy atom. The lowest BCUT2D eigenvalue weighted by molar-refractivity contribution is 0.0210. The van der Waals surface area contributed by atoms with Crippen LogP contribution in [0, 0.1) is 0 Å². The summed E-state index contributed by atoms with van der Waals surface area (Å²) in [6.45, 7) is 6.85. The molecule has 2 aliphatic heterocycles. The van der Waals surface area contributed by atoms with Gasteiger partial charge in [-0.15, -0.1) is 0 Å². The Balaban J connectivity index is 1.81. The maximum atomic E-state index is 6.43. The lowest BCUT2D eigenvalue weighted by Crippen LogP contribution is -2.44. The van der Waals surface area contributed by atoms with Crippen molar-refractivity contribution in [3.8, 4) is 5.75 Å². The molecule has 20 heavy (non-hydrogen) atoms. The molecule has 1 spiro atoms. The zero-order valence-electron chi connectivity index (χ0n) is 12.6. The summed E-state index contributed by atoms with van der Waals surface area (Å²) in [5.74, 6) is 1.00. The number of hydrogen-bond donors (Lipinski definition) is 1. The van der Waals surface area contributed by atoms with Gasteiger partial charge in [-0.05, 0) is 45.7 Å². The van der Waals surface area contributed by atoms with Crippen molar-refractivity contribution < 1.29 is 4.74 Å². The molecule has 0 radical (unpaired) electrons. The standard InChI is InChI=1S/C17H26N2O/c1-13(2)19-10-5-8-17(9-11-19)12-15(18)14-6-3-4-7-16(14)20-17/h3-4,6-7,13,15H,5,8-12,18H2,1-2H3/t15-,17?/m0/s1. The maximum absolute atomic E-state index is 6.43. The number of nitrogens with zero attached hydrogens (tertiary/aromatic N) is 1. The third-order valence-electron chi connectivity index (χ3n) is 4.90. The quantitative estimate of drug-likeness (QED) is 0.855. The fourth-order valence-electron chi connectivity index (χ4n) is 3.68. The molecule has 0 aliphatic carbocycles. The first-order valence-corrected chi connectivity index (χ1v) is 7.87. The molecule has 1 unspecified atom stereocenters. The van der Waals surface area contributed by atoms with Crippen LogP contribution in [0.1, 0.15) is 51.1 Å². The van der Waals surface area contributed by atoms with Gasteiger partial charge in [-0.3, -0.25) is 0 Å². The average Bonchev–Trinajstić information content (AvgIpc) is 2.62. The highest BCUT2D eigenvalue weighted by atomic mass is 16.5. The van der Waals surface area contributed by atoms with Gasteiger partial charge in [0.1, 0.15) is 11.4 Å². The van der Waals surface area contributed by atoms with E-state index in [0.717, 1.165) is 31.6 Å². The topological polar surface area (TPSA) is 38.5 Å². The molecule has 2 N–H and O–H groups in total. The number of para-hydroxylation sites is 1. The summed E-state index contributed by atoms with van der Waals surface area (Å²) in [4.78, 5) is 2.56.